The van der Waals surface area contributed by atoms with E-state index in [2.05, 4.69) is 18.7 Å². The minimum Gasteiger partial charge on any atom is -0.481 e. The van der Waals surface area contributed by atoms with Crippen molar-refractivity contribution < 1.29 is 9.90 Å². The Morgan fingerprint density at radius 2 is 1.94 bits per heavy atom. The van der Waals surface area contributed by atoms with Gasteiger partial charge in [0.1, 0.15) is 0 Å². The third-order valence-electron chi connectivity index (χ3n) is 3.26. The van der Waals surface area contributed by atoms with Gasteiger partial charge in [-0.3, -0.25) is 9.69 Å². The van der Waals surface area contributed by atoms with Gasteiger partial charge in [-0.1, -0.05) is 44.2 Å². The molecule has 1 unspecified atom stereocenters. The fourth-order valence-electron chi connectivity index (χ4n) is 2.57. The van der Waals surface area contributed by atoms with Gasteiger partial charge in [0.15, 0.2) is 0 Å². The number of hydrogen-bond donors (Lipinski definition) is 1. The lowest BCUT2D eigenvalue weighted by Gasteiger charge is -2.49. The van der Waals surface area contributed by atoms with Gasteiger partial charge in [0.25, 0.3) is 0 Å². The molecule has 17 heavy (non-hydrogen) atoms. The van der Waals surface area contributed by atoms with E-state index in [4.69, 9.17) is 5.11 Å². The number of aliphatic carboxylic acids is 1. The van der Waals surface area contributed by atoms with Gasteiger partial charge in [-0.15, -0.1) is 0 Å². The van der Waals surface area contributed by atoms with E-state index in [9.17, 15) is 4.79 Å². The predicted octanol–water partition coefficient (Wildman–Crippen LogP) is 2.54. The molecular formula is C14H19NO2. The van der Waals surface area contributed by atoms with Crippen LogP contribution < -0.4 is 0 Å². The molecule has 3 heteroatoms. The maximum atomic E-state index is 11.0. The summed E-state index contributed by atoms with van der Waals surface area (Å²) < 4.78 is 0. The molecule has 1 saturated heterocycles. The van der Waals surface area contributed by atoms with E-state index in [1.165, 1.54) is 0 Å². The number of hydrogen-bond acceptors (Lipinski definition) is 2. The molecule has 3 nitrogen and oxygen atoms in total. The summed E-state index contributed by atoms with van der Waals surface area (Å²) in [6.07, 6.45) is 0.181. The molecule has 0 bridgehead atoms. The second-order valence-electron chi connectivity index (χ2n) is 5.59. The van der Waals surface area contributed by atoms with Crippen molar-refractivity contribution >= 4 is 5.97 Å². The Morgan fingerprint density at radius 1 is 1.35 bits per heavy atom. The highest BCUT2D eigenvalue weighted by Crippen LogP contribution is 2.37. The lowest BCUT2D eigenvalue weighted by atomic mass is 9.81. The van der Waals surface area contributed by atoms with Gasteiger partial charge >= 0.3 is 5.97 Å². The van der Waals surface area contributed by atoms with Crippen LogP contribution in [-0.4, -0.2) is 29.1 Å². The summed E-state index contributed by atoms with van der Waals surface area (Å²) >= 11 is 0. The number of carboxylic acids is 1. The number of benzene rings is 1. The van der Waals surface area contributed by atoms with Gasteiger partial charge < -0.3 is 5.11 Å². The minimum absolute atomic E-state index is 0.0155. The van der Waals surface area contributed by atoms with E-state index in [0.717, 1.165) is 18.7 Å². The predicted molar refractivity (Wildman–Crippen MR) is 66.8 cm³/mol. The first kappa shape index (κ1) is 12.1. The van der Waals surface area contributed by atoms with Crippen molar-refractivity contribution in [2.24, 2.45) is 5.41 Å². The van der Waals surface area contributed by atoms with Crippen LogP contribution in [0.1, 0.15) is 31.9 Å². The quantitative estimate of drug-likeness (QED) is 0.868. The van der Waals surface area contributed by atoms with Crippen molar-refractivity contribution in [1.82, 2.24) is 4.90 Å². The SMILES string of the molecule is CC1(C)CN(C(CC(=O)O)c2ccccc2)C1. The average molecular weight is 233 g/mol. The summed E-state index contributed by atoms with van der Waals surface area (Å²) in [4.78, 5) is 13.2. The zero-order valence-electron chi connectivity index (χ0n) is 10.4. The summed E-state index contributed by atoms with van der Waals surface area (Å²) in [5, 5.41) is 9.02. The van der Waals surface area contributed by atoms with Crippen LogP contribution in [0.4, 0.5) is 0 Å². The summed E-state index contributed by atoms with van der Waals surface area (Å²) in [6, 6.07) is 9.94. The smallest absolute Gasteiger partial charge is 0.305 e. The Kier molecular flexibility index (Phi) is 3.20. The van der Waals surface area contributed by atoms with Crippen LogP contribution in [0.2, 0.25) is 0 Å². The Bertz CT molecular complexity index is 392. The maximum absolute atomic E-state index is 11.0. The van der Waals surface area contributed by atoms with Gasteiger partial charge in [0, 0.05) is 19.1 Å². The van der Waals surface area contributed by atoms with Crippen molar-refractivity contribution in [3.8, 4) is 0 Å². The molecule has 0 aliphatic carbocycles. The lowest BCUT2D eigenvalue weighted by molar-refractivity contribution is -0.140. The first-order valence-electron chi connectivity index (χ1n) is 5.99. The molecule has 92 valence electrons. The third-order valence-corrected chi connectivity index (χ3v) is 3.26. The lowest BCUT2D eigenvalue weighted by Crippen LogP contribution is -2.54. The molecule has 0 amide bonds. The van der Waals surface area contributed by atoms with E-state index < -0.39 is 5.97 Å². The van der Waals surface area contributed by atoms with Crippen molar-refractivity contribution in [2.45, 2.75) is 26.3 Å². The molecule has 1 N–H and O–H groups in total. The number of carbonyl (C=O) groups is 1. The topological polar surface area (TPSA) is 40.5 Å². The van der Waals surface area contributed by atoms with Crippen LogP contribution in [-0.2, 0) is 4.79 Å². The molecule has 1 atom stereocenters. The van der Waals surface area contributed by atoms with E-state index in [0.29, 0.717) is 5.41 Å². The summed E-state index contributed by atoms with van der Waals surface area (Å²) in [5.74, 6) is -0.733. The second kappa shape index (κ2) is 4.49. The van der Waals surface area contributed by atoms with Gasteiger partial charge in [0.05, 0.1) is 6.42 Å². The highest BCUT2D eigenvalue weighted by Gasteiger charge is 2.39. The van der Waals surface area contributed by atoms with Gasteiger partial charge in [-0.05, 0) is 11.0 Å². The number of likely N-dealkylation sites (tertiary alicyclic amines) is 1. The van der Waals surface area contributed by atoms with Crippen LogP contribution in [0.5, 0.6) is 0 Å². The summed E-state index contributed by atoms with van der Waals surface area (Å²) in [7, 11) is 0. The van der Waals surface area contributed by atoms with E-state index in [1.807, 2.05) is 30.3 Å². The highest BCUT2D eigenvalue weighted by molar-refractivity contribution is 5.68. The zero-order valence-corrected chi connectivity index (χ0v) is 10.4. The number of rotatable bonds is 4. The summed E-state index contributed by atoms with van der Waals surface area (Å²) in [6.45, 7) is 6.37. The molecule has 2 rings (SSSR count). The van der Waals surface area contributed by atoms with Gasteiger partial charge in [-0.25, -0.2) is 0 Å². The molecule has 0 aromatic heterocycles. The molecule has 1 aliphatic heterocycles. The Hall–Kier alpha value is -1.35. The molecule has 1 aromatic carbocycles. The first-order valence-corrected chi connectivity index (χ1v) is 5.99. The minimum atomic E-state index is -0.733. The van der Waals surface area contributed by atoms with Gasteiger partial charge in [-0.2, -0.15) is 0 Å². The number of nitrogens with zero attached hydrogens (tertiary/aromatic N) is 1. The number of carboxylic acid groups (broad SMARTS) is 1. The molecule has 0 spiro atoms. The highest BCUT2D eigenvalue weighted by atomic mass is 16.4. The van der Waals surface area contributed by atoms with Crippen LogP contribution in [0, 0.1) is 5.41 Å². The summed E-state index contributed by atoms with van der Waals surface area (Å²) in [5.41, 5.74) is 1.43. The van der Waals surface area contributed by atoms with Crippen LogP contribution in [0.15, 0.2) is 30.3 Å². The Morgan fingerprint density at radius 3 is 2.41 bits per heavy atom. The molecule has 1 aliphatic rings. The molecule has 1 fully saturated rings. The van der Waals surface area contributed by atoms with E-state index in [1.54, 1.807) is 0 Å². The van der Waals surface area contributed by atoms with Crippen molar-refractivity contribution in [3.63, 3.8) is 0 Å². The second-order valence-corrected chi connectivity index (χ2v) is 5.59. The maximum Gasteiger partial charge on any atom is 0.305 e. The van der Waals surface area contributed by atoms with Crippen LogP contribution in [0.3, 0.4) is 0 Å². The largest absolute Gasteiger partial charge is 0.481 e. The van der Waals surface area contributed by atoms with Crippen LogP contribution in [0.25, 0.3) is 0 Å². The molecule has 1 heterocycles. The Balaban J connectivity index is 2.13. The normalized spacial score (nSPS) is 20.6. The Labute approximate surface area is 102 Å². The van der Waals surface area contributed by atoms with Crippen molar-refractivity contribution in [3.05, 3.63) is 35.9 Å². The fourth-order valence-corrected chi connectivity index (χ4v) is 2.57. The average Bonchev–Trinajstić information content (AvgIpc) is 2.23. The van der Waals surface area contributed by atoms with E-state index in [-0.39, 0.29) is 12.5 Å². The van der Waals surface area contributed by atoms with Crippen molar-refractivity contribution in [2.75, 3.05) is 13.1 Å². The third kappa shape index (κ3) is 2.86. The molecule has 0 radical (unpaired) electrons. The van der Waals surface area contributed by atoms with Gasteiger partial charge in [0.2, 0.25) is 0 Å². The molecular weight excluding hydrogens is 214 g/mol. The fraction of sp³-hybridized carbons (Fsp3) is 0.500. The zero-order chi connectivity index (χ0) is 12.5. The van der Waals surface area contributed by atoms with Crippen LogP contribution >= 0.6 is 0 Å². The monoisotopic (exact) mass is 233 g/mol. The van der Waals surface area contributed by atoms with Crippen molar-refractivity contribution in [1.29, 1.82) is 0 Å². The molecule has 0 saturated carbocycles. The molecule has 1 aromatic rings. The first-order chi connectivity index (χ1) is 7.98. The standard InChI is InChI=1S/C14H19NO2/c1-14(2)9-15(10-14)12(8-13(16)17)11-6-4-3-5-7-11/h3-7,12H,8-10H2,1-2H3,(H,16,17). The van der Waals surface area contributed by atoms with E-state index >= 15 is 0 Å².